The Bertz CT molecular complexity index is 983. The van der Waals surface area contributed by atoms with Crippen molar-refractivity contribution >= 4 is 16.7 Å². The van der Waals surface area contributed by atoms with Crippen LogP contribution in [0.3, 0.4) is 0 Å². The average Bonchev–Trinajstić information content (AvgIpc) is 3.33. The lowest BCUT2D eigenvalue weighted by Crippen LogP contribution is -2.04. The first kappa shape index (κ1) is 13.8. The normalized spacial score (nSPS) is 21.0. The Morgan fingerprint density at radius 2 is 1.92 bits per heavy atom. The van der Waals surface area contributed by atoms with Crippen LogP contribution in [-0.2, 0) is 6.42 Å². The van der Waals surface area contributed by atoms with Gasteiger partial charge in [-0.15, -0.1) is 10.2 Å². The molecule has 0 amide bonds. The molecule has 0 spiro atoms. The molecule has 0 aliphatic heterocycles. The van der Waals surface area contributed by atoms with Crippen LogP contribution in [0.25, 0.3) is 16.7 Å². The second kappa shape index (κ2) is 5.48. The summed E-state index contributed by atoms with van der Waals surface area (Å²) in [5.41, 5.74) is 4.72. The van der Waals surface area contributed by atoms with Gasteiger partial charge in [0.1, 0.15) is 5.82 Å². The molecule has 5 rings (SSSR count). The fraction of sp³-hybridized carbons (Fsp3) is 0.300. The second-order valence-corrected chi connectivity index (χ2v) is 6.93. The van der Waals surface area contributed by atoms with Crippen LogP contribution in [0, 0.1) is 5.92 Å². The van der Waals surface area contributed by atoms with Gasteiger partial charge in [-0.2, -0.15) is 0 Å². The van der Waals surface area contributed by atoms with Crippen LogP contribution in [0.1, 0.15) is 36.6 Å². The van der Waals surface area contributed by atoms with Gasteiger partial charge in [0.25, 0.3) is 0 Å². The van der Waals surface area contributed by atoms with Crippen LogP contribution in [0.5, 0.6) is 0 Å². The largest absolute Gasteiger partial charge is 0.360 e. The van der Waals surface area contributed by atoms with Gasteiger partial charge in [-0.3, -0.25) is 4.40 Å². The van der Waals surface area contributed by atoms with Crippen molar-refractivity contribution in [3.8, 4) is 0 Å². The molecule has 120 valence electrons. The zero-order valence-corrected chi connectivity index (χ0v) is 13.5. The quantitative estimate of drug-likeness (QED) is 0.611. The number of benzene rings is 1. The molecule has 4 nitrogen and oxygen atoms in total. The zero-order chi connectivity index (χ0) is 15.9. The summed E-state index contributed by atoms with van der Waals surface area (Å²) in [5, 5.41) is 8.95. The number of hydrogen-bond acceptors (Lipinski definition) is 2. The molecular weight excluding hydrogens is 296 g/mol. The van der Waals surface area contributed by atoms with Gasteiger partial charge in [0.15, 0.2) is 5.65 Å². The van der Waals surface area contributed by atoms with Crippen LogP contribution in [-0.4, -0.2) is 19.6 Å². The van der Waals surface area contributed by atoms with E-state index in [0.717, 1.165) is 22.9 Å². The maximum atomic E-state index is 4.55. The molecule has 0 saturated heterocycles. The molecule has 0 radical (unpaired) electrons. The highest BCUT2D eigenvalue weighted by atomic mass is 15.3. The van der Waals surface area contributed by atoms with Crippen molar-refractivity contribution in [1.82, 2.24) is 19.6 Å². The third-order valence-electron chi connectivity index (χ3n) is 5.38. The molecule has 3 heterocycles. The molecular formula is C20H20N4. The topological polar surface area (TPSA) is 46.0 Å². The molecule has 2 atom stereocenters. The summed E-state index contributed by atoms with van der Waals surface area (Å²) in [6, 6.07) is 17.1. The first-order chi connectivity index (χ1) is 11.9. The highest BCUT2D eigenvalue weighted by Crippen LogP contribution is 2.39. The average molecular weight is 316 g/mol. The lowest BCUT2D eigenvalue weighted by Gasteiger charge is -2.11. The Balaban J connectivity index is 1.45. The van der Waals surface area contributed by atoms with E-state index in [-0.39, 0.29) is 0 Å². The fourth-order valence-electron chi connectivity index (χ4n) is 4.23. The van der Waals surface area contributed by atoms with Crippen LogP contribution in [0.4, 0.5) is 0 Å². The van der Waals surface area contributed by atoms with Gasteiger partial charge < -0.3 is 4.98 Å². The van der Waals surface area contributed by atoms with Crippen molar-refractivity contribution in [3.05, 3.63) is 66.1 Å². The van der Waals surface area contributed by atoms with Gasteiger partial charge in [0.05, 0.1) is 11.0 Å². The number of pyridine rings is 1. The van der Waals surface area contributed by atoms with E-state index in [1.807, 2.05) is 12.3 Å². The molecule has 1 aliphatic rings. The Labute approximate surface area is 140 Å². The van der Waals surface area contributed by atoms with Crippen molar-refractivity contribution in [3.63, 3.8) is 0 Å². The van der Waals surface area contributed by atoms with E-state index in [9.17, 15) is 0 Å². The van der Waals surface area contributed by atoms with Crippen LogP contribution in [0.2, 0.25) is 0 Å². The van der Waals surface area contributed by atoms with E-state index >= 15 is 0 Å². The third kappa shape index (κ3) is 2.21. The van der Waals surface area contributed by atoms with E-state index in [2.05, 4.69) is 62.0 Å². The van der Waals surface area contributed by atoms with Crippen LogP contribution in [0.15, 0.2) is 54.7 Å². The number of nitrogens with zero attached hydrogens (tertiary/aromatic N) is 3. The van der Waals surface area contributed by atoms with Crippen LogP contribution < -0.4 is 0 Å². The highest BCUT2D eigenvalue weighted by Gasteiger charge is 2.29. The predicted octanol–water partition coefficient (Wildman–Crippen LogP) is 4.34. The van der Waals surface area contributed by atoms with E-state index in [4.69, 9.17) is 0 Å². The summed E-state index contributed by atoms with van der Waals surface area (Å²) in [6.07, 6.45) is 6.85. The highest BCUT2D eigenvalue weighted by molar-refractivity contribution is 5.78. The molecule has 3 aromatic heterocycles. The molecule has 4 aromatic rings. The lowest BCUT2D eigenvalue weighted by molar-refractivity contribution is 0.530. The summed E-state index contributed by atoms with van der Waals surface area (Å²) in [6.45, 7) is 0. The smallest absolute Gasteiger partial charge is 0.161 e. The molecule has 1 N–H and O–H groups in total. The van der Waals surface area contributed by atoms with E-state index in [1.165, 1.54) is 36.8 Å². The summed E-state index contributed by atoms with van der Waals surface area (Å²) >= 11 is 0. The van der Waals surface area contributed by atoms with Gasteiger partial charge in [0.2, 0.25) is 0 Å². The molecule has 1 aromatic carbocycles. The second-order valence-electron chi connectivity index (χ2n) is 6.93. The van der Waals surface area contributed by atoms with Gasteiger partial charge in [0, 0.05) is 12.1 Å². The zero-order valence-electron chi connectivity index (χ0n) is 13.5. The third-order valence-corrected chi connectivity index (χ3v) is 5.38. The minimum absolute atomic E-state index is 0.509. The molecule has 0 bridgehead atoms. The lowest BCUT2D eigenvalue weighted by atomic mass is 9.96. The van der Waals surface area contributed by atoms with Crippen molar-refractivity contribution in [2.24, 2.45) is 5.92 Å². The molecule has 1 aliphatic carbocycles. The van der Waals surface area contributed by atoms with Crippen molar-refractivity contribution in [2.45, 2.75) is 31.6 Å². The Hall–Kier alpha value is -2.62. The van der Waals surface area contributed by atoms with Crippen molar-refractivity contribution in [2.75, 3.05) is 0 Å². The Morgan fingerprint density at radius 1 is 1.00 bits per heavy atom. The maximum Gasteiger partial charge on any atom is 0.161 e. The Kier molecular flexibility index (Phi) is 3.15. The molecule has 24 heavy (non-hydrogen) atoms. The standard InChI is InChI=1S/C20H20N4/c1-2-4-14(5-3-1)12-15-6-7-16(13-15)20-23-22-19-9-8-17-18(24(19)20)10-11-21-17/h1-5,8-11,15-16,21H,6-7,12-13H2/t15-,16+/m0/s1. The molecule has 0 unspecified atom stereocenters. The van der Waals surface area contributed by atoms with Gasteiger partial charge in [-0.1, -0.05) is 30.3 Å². The minimum atomic E-state index is 0.509. The SMILES string of the molecule is c1ccc(C[C@@H]2CC[C@@H](c3nnc4ccc5[nH]ccc5n34)C2)cc1. The fourth-order valence-corrected chi connectivity index (χ4v) is 4.23. The predicted molar refractivity (Wildman–Crippen MR) is 95.1 cm³/mol. The van der Waals surface area contributed by atoms with Gasteiger partial charge in [-0.25, -0.2) is 0 Å². The van der Waals surface area contributed by atoms with Crippen LogP contribution >= 0.6 is 0 Å². The Morgan fingerprint density at radius 3 is 2.83 bits per heavy atom. The number of aromatic amines is 1. The molecule has 4 heteroatoms. The monoisotopic (exact) mass is 316 g/mol. The number of H-pyrrole nitrogens is 1. The summed E-state index contributed by atoms with van der Waals surface area (Å²) in [7, 11) is 0. The van der Waals surface area contributed by atoms with E-state index in [1.54, 1.807) is 0 Å². The first-order valence-electron chi connectivity index (χ1n) is 8.73. The summed E-state index contributed by atoms with van der Waals surface area (Å²) in [4.78, 5) is 3.28. The summed E-state index contributed by atoms with van der Waals surface area (Å²) in [5.74, 6) is 2.38. The number of fused-ring (bicyclic) bond motifs is 3. The molecule has 1 fully saturated rings. The van der Waals surface area contributed by atoms with Gasteiger partial charge in [-0.05, 0) is 55.4 Å². The summed E-state index contributed by atoms with van der Waals surface area (Å²) < 4.78 is 2.24. The minimum Gasteiger partial charge on any atom is -0.360 e. The number of hydrogen-bond donors (Lipinski definition) is 1. The molecule has 1 saturated carbocycles. The van der Waals surface area contributed by atoms with Gasteiger partial charge >= 0.3 is 0 Å². The first-order valence-corrected chi connectivity index (χ1v) is 8.73. The van der Waals surface area contributed by atoms with Crippen molar-refractivity contribution < 1.29 is 0 Å². The van der Waals surface area contributed by atoms with Crippen molar-refractivity contribution in [1.29, 1.82) is 0 Å². The number of rotatable bonds is 3. The van der Waals surface area contributed by atoms with E-state index < -0.39 is 0 Å². The van der Waals surface area contributed by atoms with E-state index in [0.29, 0.717) is 5.92 Å². The number of nitrogens with one attached hydrogen (secondary N) is 1. The number of aromatic nitrogens is 4. The maximum absolute atomic E-state index is 4.55.